The van der Waals surface area contributed by atoms with E-state index < -0.39 is 0 Å². The molecule has 0 spiro atoms. The van der Waals surface area contributed by atoms with Crippen molar-refractivity contribution >= 4 is 0 Å². The zero-order chi connectivity index (χ0) is 15.0. The van der Waals surface area contributed by atoms with Crippen LogP contribution in [-0.2, 0) is 11.8 Å². The van der Waals surface area contributed by atoms with E-state index >= 15 is 0 Å². The Morgan fingerprint density at radius 1 is 1.24 bits per heavy atom. The summed E-state index contributed by atoms with van der Waals surface area (Å²) in [6.45, 7) is 3.65. The molecule has 0 N–H and O–H groups in total. The fraction of sp³-hybridized carbons (Fsp3) is 0.667. The molecule has 116 valence electrons. The molecule has 3 heteroatoms. The molecule has 0 bridgehead atoms. The van der Waals surface area contributed by atoms with Gasteiger partial charge < -0.3 is 14.4 Å². The minimum atomic E-state index is 0.207. The van der Waals surface area contributed by atoms with Crippen LogP contribution in [0.1, 0.15) is 43.7 Å². The number of hydrogen-bond donors (Lipinski definition) is 0. The van der Waals surface area contributed by atoms with Crippen molar-refractivity contribution in [3.8, 4) is 11.5 Å². The van der Waals surface area contributed by atoms with Crippen LogP contribution in [0.5, 0.6) is 11.5 Å². The second-order valence-electron chi connectivity index (χ2n) is 6.87. The third kappa shape index (κ3) is 2.42. The van der Waals surface area contributed by atoms with E-state index in [4.69, 9.17) is 9.47 Å². The van der Waals surface area contributed by atoms with E-state index in [0.717, 1.165) is 17.9 Å². The standard InChI is InChI=1S/C18H27NO2/c1-18(12-13-6-5-11-19(13)2)10-9-14-15(20-3)7-8-16(21-4)17(14)18/h7-8,13H,5-6,9-12H2,1-4H3/t13-,18?/m1/s1. The number of methoxy groups -OCH3 is 2. The SMILES string of the molecule is COc1ccc(OC)c2c1CCC2(C)C[C@H]1CCCN1C. The average Bonchev–Trinajstić information content (AvgIpc) is 3.04. The predicted octanol–water partition coefficient (Wildman–Crippen LogP) is 3.39. The van der Waals surface area contributed by atoms with E-state index in [-0.39, 0.29) is 5.41 Å². The second-order valence-corrected chi connectivity index (χ2v) is 6.87. The van der Waals surface area contributed by atoms with Crippen LogP contribution in [0.2, 0.25) is 0 Å². The summed E-state index contributed by atoms with van der Waals surface area (Å²) in [5, 5.41) is 0. The molecule has 3 nitrogen and oxygen atoms in total. The van der Waals surface area contributed by atoms with Gasteiger partial charge in [-0.2, -0.15) is 0 Å². The molecule has 1 unspecified atom stereocenters. The van der Waals surface area contributed by atoms with Gasteiger partial charge in [-0.1, -0.05) is 6.92 Å². The van der Waals surface area contributed by atoms with Crippen molar-refractivity contribution < 1.29 is 9.47 Å². The number of ether oxygens (including phenoxy) is 2. The molecule has 2 atom stereocenters. The van der Waals surface area contributed by atoms with Crippen LogP contribution < -0.4 is 9.47 Å². The van der Waals surface area contributed by atoms with Gasteiger partial charge in [-0.05, 0) is 63.2 Å². The molecular formula is C18H27NO2. The van der Waals surface area contributed by atoms with Crippen molar-refractivity contribution in [3.63, 3.8) is 0 Å². The summed E-state index contributed by atoms with van der Waals surface area (Å²) in [5.41, 5.74) is 2.96. The van der Waals surface area contributed by atoms with E-state index in [2.05, 4.69) is 24.9 Å². The summed E-state index contributed by atoms with van der Waals surface area (Å²) in [7, 11) is 5.81. The Balaban J connectivity index is 1.97. The van der Waals surface area contributed by atoms with Crippen LogP contribution in [0.4, 0.5) is 0 Å². The third-order valence-electron chi connectivity index (χ3n) is 5.56. The van der Waals surface area contributed by atoms with E-state index in [1.165, 1.54) is 43.4 Å². The van der Waals surface area contributed by atoms with Crippen LogP contribution in [0, 0.1) is 0 Å². The summed E-state index contributed by atoms with van der Waals surface area (Å²) in [5.74, 6) is 2.06. The maximum atomic E-state index is 5.67. The van der Waals surface area contributed by atoms with Gasteiger partial charge in [-0.3, -0.25) is 0 Å². The lowest BCUT2D eigenvalue weighted by Crippen LogP contribution is -2.33. The molecular weight excluding hydrogens is 262 g/mol. The molecule has 21 heavy (non-hydrogen) atoms. The summed E-state index contributed by atoms with van der Waals surface area (Å²) in [6.07, 6.45) is 6.18. The molecule has 1 aromatic rings. The molecule has 0 aromatic heterocycles. The fourth-order valence-corrected chi connectivity index (χ4v) is 4.37. The van der Waals surface area contributed by atoms with Gasteiger partial charge in [-0.15, -0.1) is 0 Å². The lowest BCUT2D eigenvalue weighted by Gasteiger charge is -2.32. The maximum Gasteiger partial charge on any atom is 0.123 e. The van der Waals surface area contributed by atoms with Crippen molar-refractivity contribution in [2.75, 3.05) is 27.8 Å². The van der Waals surface area contributed by atoms with E-state index in [1.54, 1.807) is 14.2 Å². The van der Waals surface area contributed by atoms with Crippen molar-refractivity contribution in [1.29, 1.82) is 0 Å². The van der Waals surface area contributed by atoms with Crippen LogP contribution in [0.15, 0.2) is 12.1 Å². The minimum absolute atomic E-state index is 0.207. The third-order valence-corrected chi connectivity index (χ3v) is 5.56. The highest BCUT2D eigenvalue weighted by Crippen LogP contribution is 2.50. The maximum absolute atomic E-state index is 5.67. The monoisotopic (exact) mass is 289 g/mol. The van der Waals surface area contributed by atoms with Crippen molar-refractivity contribution in [3.05, 3.63) is 23.3 Å². The Hall–Kier alpha value is -1.22. The summed E-state index contributed by atoms with van der Waals surface area (Å²) < 4.78 is 11.2. The number of benzene rings is 1. The van der Waals surface area contributed by atoms with Crippen LogP contribution >= 0.6 is 0 Å². The normalized spacial score (nSPS) is 28.7. The molecule has 1 fully saturated rings. The molecule has 0 amide bonds. The molecule has 1 saturated heterocycles. The smallest absolute Gasteiger partial charge is 0.123 e. The molecule has 1 aromatic carbocycles. The van der Waals surface area contributed by atoms with E-state index in [0.29, 0.717) is 6.04 Å². The highest BCUT2D eigenvalue weighted by atomic mass is 16.5. The highest BCUT2D eigenvalue weighted by Gasteiger charge is 2.41. The highest BCUT2D eigenvalue weighted by molar-refractivity contribution is 5.55. The largest absolute Gasteiger partial charge is 0.496 e. The number of likely N-dealkylation sites (tertiary alicyclic amines) is 1. The Bertz CT molecular complexity index is 528. The molecule has 2 aliphatic rings. The van der Waals surface area contributed by atoms with Crippen LogP contribution in [-0.4, -0.2) is 38.8 Å². The molecule has 1 heterocycles. The summed E-state index contributed by atoms with van der Waals surface area (Å²) in [6, 6.07) is 4.82. The first kappa shape index (κ1) is 14.7. The Kier molecular flexibility index (Phi) is 3.87. The molecule has 1 aliphatic carbocycles. The van der Waals surface area contributed by atoms with Crippen molar-refractivity contribution in [1.82, 2.24) is 4.90 Å². The van der Waals surface area contributed by atoms with Gasteiger partial charge in [0, 0.05) is 17.2 Å². The van der Waals surface area contributed by atoms with Crippen molar-refractivity contribution in [2.45, 2.75) is 50.5 Å². The molecule has 1 aliphatic heterocycles. The van der Waals surface area contributed by atoms with Gasteiger partial charge in [0.05, 0.1) is 14.2 Å². The van der Waals surface area contributed by atoms with Crippen molar-refractivity contribution in [2.24, 2.45) is 0 Å². The predicted molar refractivity (Wildman–Crippen MR) is 85.5 cm³/mol. The molecule has 0 saturated carbocycles. The summed E-state index contributed by atoms with van der Waals surface area (Å²) >= 11 is 0. The molecule has 0 radical (unpaired) electrons. The van der Waals surface area contributed by atoms with E-state index in [1.807, 2.05) is 6.07 Å². The Morgan fingerprint density at radius 3 is 2.57 bits per heavy atom. The van der Waals surface area contributed by atoms with Gasteiger partial charge in [-0.25, -0.2) is 0 Å². The first-order chi connectivity index (χ1) is 10.1. The first-order valence-electron chi connectivity index (χ1n) is 8.03. The van der Waals surface area contributed by atoms with Gasteiger partial charge in [0.25, 0.3) is 0 Å². The van der Waals surface area contributed by atoms with Crippen LogP contribution in [0.3, 0.4) is 0 Å². The summed E-state index contributed by atoms with van der Waals surface area (Å²) in [4.78, 5) is 2.52. The number of nitrogens with zero attached hydrogens (tertiary/aromatic N) is 1. The number of rotatable bonds is 4. The fourth-order valence-electron chi connectivity index (χ4n) is 4.37. The molecule has 3 rings (SSSR count). The van der Waals surface area contributed by atoms with Gasteiger partial charge in [0.2, 0.25) is 0 Å². The van der Waals surface area contributed by atoms with Gasteiger partial charge >= 0.3 is 0 Å². The number of fused-ring (bicyclic) bond motifs is 1. The number of hydrogen-bond acceptors (Lipinski definition) is 3. The minimum Gasteiger partial charge on any atom is -0.496 e. The average molecular weight is 289 g/mol. The quantitative estimate of drug-likeness (QED) is 0.848. The second kappa shape index (κ2) is 5.53. The first-order valence-corrected chi connectivity index (χ1v) is 8.03. The Morgan fingerprint density at radius 2 is 1.95 bits per heavy atom. The topological polar surface area (TPSA) is 21.7 Å². The van der Waals surface area contributed by atoms with E-state index in [9.17, 15) is 0 Å². The van der Waals surface area contributed by atoms with Crippen LogP contribution in [0.25, 0.3) is 0 Å². The Labute approximate surface area is 128 Å². The lowest BCUT2D eigenvalue weighted by molar-refractivity contribution is 0.242. The lowest BCUT2D eigenvalue weighted by atomic mass is 9.77. The van der Waals surface area contributed by atoms with Gasteiger partial charge in [0.1, 0.15) is 11.5 Å². The zero-order valence-corrected chi connectivity index (χ0v) is 13.7. The zero-order valence-electron chi connectivity index (χ0n) is 13.7. The van der Waals surface area contributed by atoms with Gasteiger partial charge in [0.15, 0.2) is 0 Å².